The molecule has 0 bridgehead atoms. The van der Waals surface area contributed by atoms with E-state index in [4.69, 9.17) is 4.74 Å². The summed E-state index contributed by atoms with van der Waals surface area (Å²) in [6.07, 6.45) is 0.134. The Hall–Kier alpha value is -2.07. The number of hydrogen-bond donors (Lipinski definition) is 1. The molecule has 0 aliphatic carbocycles. The van der Waals surface area contributed by atoms with Crippen LogP contribution in [0, 0.1) is 3.57 Å². The summed E-state index contributed by atoms with van der Waals surface area (Å²) in [4.78, 5) is 31.0. The smallest absolute Gasteiger partial charge is 0.238 e. The Morgan fingerprint density at radius 3 is 2.52 bits per heavy atom. The van der Waals surface area contributed by atoms with Gasteiger partial charge in [-0.1, -0.05) is 11.8 Å². The van der Waals surface area contributed by atoms with Crippen LogP contribution in [0.15, 0.2) is 53.5 Å². The van der Waals surface area contributed by atoms with Crippen LogP contribution in [0.2, 0.25) is 0 Å². The maximum absolute atomic E-state index is 12.6. The first-order valence-corrected chi connectivity index (χ1v) is 10.1. The van der Waals surface area contributed by atoms with Gasteiger partial charge < -0.3 is 10.1 Å². The van der Waals surface area contributed by atoms with Gasteiger partial charge in [-0.15, -0.1) is 0 Å². The van der Waals surface area contributed by atoms with Gasteiger partial charge in [0.2, 0.25) is 11.8 Å². The van der Waals surface area contributed by atoms with E-state index in [1.165, 1.54) is 16.7 Å². The number of benzene rings is 2. The second-order valence-corrected chi connectivity index (χ2v) is 8.27. The highest BCUT2D eigenvalue weighted by Gasteiger charge is 2.34. The Kier molecular flexibility index (Phi) is 6.38. The van der Waals surface area contributed by atoms with Crippen molar-refractivity contribution in [3.8, 4) is 5.75 Å². The average molecular weight is 495 g/mol. The molecule has 140 valence electrons. The Morgan fingerprint density at radius 2 is 1.89 bits per heavy atom. The maximum atomic E-state index is 12.6. The van der Waals surface area contributed by atoms with E-state index in [1.807, 2.05) is 24.3 Å². The summed E-state index contributed by atoms with van der Waals surface area (Å²) < 4.78 is 6.22. The van der Waals surface area contributed by atoms with Crippen molar-refractivity contribution in [2.75, 3.05) is 19.5 Å². The van der Waals surface area contributed by atoms with Crippen LogP contribution in [0.4, 0.5) is 11.4 Å². The van der Waals surface area contributed by atoms with Gasteiger partial charge >= 0.3 is 0 Å². The molecule has 0 unspecified atom stereocenters. The molecule has 2 aromatic rings. The van der Waals surface area contributed by atoms with E-state index in [-0.39, 0.29) is 18.2 Å². The van der Waals surface area contributed by atoms with Crippen LogP contribution in [0.3, 0.4) is 0 Å². The fourth-order valence-corrected chi connectivity index (χ4v) is 3.84. The third-order valence-corrected chi connectivity index (χ3v) is 5.93. The lowest BCUT2D eigenvalue weighted by atomic mass is 10.2. The molecular weight excluding hydrogens is 477 g/mol. The van der Waals surface area contributed by atoms with Crippen LogP contribution in [0.1, 0.15) is 6.42 Å². The van der Waals surface area contributed by atoms with E-state index in [9.17, 15) is 9.59 Å². The van der Waals surface area contributed by atoms with Gasteiger partial charge in [0.15, 0.2) is 5.17 Å². The SMILES string of the molecule is COc1ccc(NC(=O)[C@H]2CC(=O)N(C)C(=Nc3ccc(I)cc3)S2)cc1. The van der Waals surface area contributed by atoms with Crippen LogP contribution in [-0.2, 0) is 9.59 Å². The molecule has 1 aliphatic rings. The molecule has 27 heavy (non-hydrogen) atoms. The predicted molar refractivity (Wildman–Crippen MR) is 117 cm³/mol. The third-order valence-electron chi connectivity index (χ3n) is 3.97. The lowest BCUT2D eigenvalue weighted by molar-refractivity contribution is -0.128. The van der Waals surface area contributed by atoms with Gasteiger partial charge in [0, 0.05) is 22.7 Å². The van der Waals surface area contributed by atoms with Crippen molar-refractivity contribution in [3.63, 3.8) is 0 Å². The van der Waals surface area contributed by atoms with E-state index in [1.54, 1.807) is 38.4 Å². The fourth-order valence-electron chi connectivity index (χ4n) is 2.42. The van der Waals surface area contributed by atoms with Crippen LogP contribution < -0.4 is 10.1 Å². The standard InChI is InChI=1S/C19H18IN3O3S/c1-23-17(24)11-16(18(25)21-13-7-9-15(26-2)10-8-13)27-19(23)22-14-5-3-12(20)4-6-14/h3-10,16H,11H2,1-2H3,(H,21,25)/t16-/m1/s1. The molecule has 1 aliphatic heterocycles. The number of halogens is 1. The van der Waals surface area contributed by atoms with Gasteiger partial charge in [0.05, 0.1) is 12.8 Å². The van der Waals surface area contributed by atoms with E-state index >= 15 is 0 Å². The summed E-state index contributed by atoms with van der Waals surface area (Å²) in [7, 11) is 3.27. The highest BCUT2D eigenvalue weighted by atomic mass is 127. The normalized spacial score (nSPS) is 18.5. The van der Waals surface area contributed by atoms with Crippen LogP contribution in [0.25, 0.3) is 0 Å². The molecule has 1 atom stereocenters. The molecule has 1 fully saturated rings. The first-order chi connectivity index (χ1) is 13.0. The largest absolute Gasteiger partial charge is 0.497 e. The lowest BCUT2D eigenvalue weighted by Gasteiger charge is -2.28. The van der Waals surface area contributed by atoms with Crippen molar-refractivity contribution >= 4 is 62.7 Å². The van der Waals surface area contributed by atoms with Gasteiger partial charge in [0.25, 0.3) is 0 Å². The van der Waals surface area contributed by atoms with Crippen LogP contribution in [0.5, 0.6) is 5.75 Å². The summed E-state index contributed by atoms with van der Waals surface area (Å²) in [5.74, 6) is 0.360. The Labute approximate surface area is 175 Å². The summed E-state index contributed by atoms with van der Waals surface area (Å²) in [6.45, 7) is 0. The predicted octanol–water partition coefficient (Wildman–Crippen LogP) is 3.89. The Morgan fingerprint density at radius 1 is 1.22 bits per heavy atom. The number of ether oxygens (including phenoxy) is 1. The van der Waals surface area contributed by atoms with Crippen molar-refractivity contribution in [2.24, 2.45) is 4.99 Å². The third kappa shape index (κ3) is 5.01. The van der Waals surface area contributed by atoms with Crippen LogP contribution in [-0.4, -0.2) is 41.3 Å². The number of thioether (sulfide) groups is 1. The van der Waals surface area contributed by atoms with E-state index in [0.29, 0.717) is 16.6 Å². The van der Waals surface area contributed by atoms with Gasteiger partial charge in [-0.3, -0.25) is 14.5 Å². The minimum Gasteiger partial charge on any atom is -0.497 e. The van der Waals surface area contributed by atoms with E-state index in [2.05, 4.69) is 32.9 Å². The molecule has 2 amide bonds. The number of rotatable bonds is 4. The number of carbonyl (C=O) groups excluding carboxylic acids is 2. The quantitative estimate of drug-likeness (QED) is 0.654. The summed E-state index contributed by atoms with van der Waals surface area (Å²) >= 11 is 3.52. The minimum atomic E-state index is -0.529. The van der Waals surface area contributed by atoms with Crippen molar-refractivity contribution < 1.29 is 14.3 Å². The fraction of sp³-hybridized carbons (Fsp3) is 0.211. The minimum absolute atomic E-state index is 0.132. The first kappa shape index (κ1) is 19.7. The number of nitrogens with one attached hydrogen (secondary N) is 1. The number of amides is 2. The number of methoxy groups -OCH3 is 1. The molecule has 3 rings (SSSR count). The first-order valence-electron chi connectivity index (χ1n) is 8.18. The number of nitrogens with zero attached hydrogens (tertiary/aromatic N) is 2. The molecule has 1 heterocycles. The van der Waals surface area contributed by atoms with E-state index in [0.717, 1.165) is 9.26 Å². The van der Waals surface area contributed by atoms with Crippen molar-refractivity contribution in [1.29, 1.82) is 0 Å². The molecule has 8 heteroatoms. The maximum Gasteiger partial charge on any atom is 0.238 e. The highest BCUT2D eigenvalue weighted by molar-refractivity contribution is 14.1. The molecule has 6 nitrogen and oxygen atoms in total. The van der Waals surface area contributed by atoms with Gasteiger partial charge in [-0.2, -0.15) is 0 Å². The number of anilines is 1. The van der Waals surface area contributed by atoms with Crippen molar-refractivity contribution in [2.45, 2.75) is 11.7 Å². The molecule has 1 saturated heterocycles. The molecule has 0 spiro atoms. The lowest BCUT2D eigenvalue weighted by Crippen LogP contribution is -2.43. The second kappa shape index (κ2) is 8.75. The zero-order chi connectivity index (χ0) is 19.4. The molecule has 0 saturated carbocycles. The number of aliphatic imine (C=N–C) groups is 1. The van der Waals surface area contributed by atoms with E-state index < -0.39 is 5.25 Å². The number of hydrogen-bond acceptors (Lipinski definition) is 5. The van der Waals surface area contributed by atoms with Gasteiger partial charge in [-0.25, -0.2) is 4.99 Å². The highest BCUT2D eigenvalue weighted by Crippen LogP contribution is 2.29. The average Bonchev–Trinajstić information content (AvgIpc) is 2.67. The van der Waals surface area contributed by atoms with Crippen molar-refractivity contribution in [3.05, 3.63) is 52.1 Å². The molecule has 2 aromatic carbocycles. The number of carbonyl (C=O) groups is 2. The summed E-state index contributed by atoms with van der Waals surface area (Å²) in [6, 6.07) is 14.7. The molecular formula is C19H18IN3O3S. The van der Waals surface area contributed by atoms with Gasteiger partial charge in [-0.05, 0) is 71.1 Å². The molecule has 0 radical (unpaired) electrons. The van der Waals surface area contributed by atoms with Crippen molar-refractivity contribution in [1.82, 2.24) is 4.90 Å². The monoisotopic (exact) mass is 495 g/mol. The number of amidine groups is 1. The van der Waals surface area contributed by atoms with Gasteiger partial charge in [0.1, 0.15) is 11.0 Å². The van der Waals surface area contributed by atoms with Crippen LogP contribution >= 0.6 is 34.4 Å². The Bertz CT molecular complexity index is 869. The topological polar surface area (TPSA) is 71.0 Å². The summed E-state index contributed by atoms with van der Waals surface area (Å²) in [5.41, 5.74) is 1.40. The second-order valence-electron chi connectivity index (χ2n) is 5.85. The summed E-state index contributed by atoms with van der Waals surface area (Å²) in [5, 5.41) is 2.83. The molecule has 1 N–H and O–H groups in total. The zero-order valence-electron chi connectivity index (χ0n) is 14.8. The Balaban J connectivity index is 1.74. The zero-order valence-corrected chi connectivity index (χ0v) is 17.8. The molecule has 0 aromatic heterocycles.